The molecule has 0 spiro atoms. The van der Waals surface area contributed by atoms with Crippen LogP contribution in [0.4, 0.5) is 0 Å². The van der Waals surface area contributed by atoms with E-state index in [0.717, 1.165) is 30.9 Å². The van der Waals surface area contributed by atoms with Gasteiger partial charge in [-0.05, 0) is 43.0 Å². The molecule has 1 heterocycles. The molecule has 0 bridgehead atoms. The van der Waals surface area contributed by atoms with Crippen LogP contribution >= 0.6 is 0 Å². The third kappa shape index (κ3) is 3.24. The van der Waals surface area contributed by atoms with Crippen LogP contribution < -0.4 is 5.32 Å². The zero-order valence-electron chi connectivity index (χ0n) is 13.3. The van der Waals surface area contributed by atoms with E-state index < -0.39 is 0 Å². The molecule has 0 amide bonds. The van der Waals surface area contributed by atoms with E-state index >= 15 is 0 Å². The van der Waals surface area contributed by atoms with Crippen molar-refractivity contribution in [1.29, 1.82) is 0 Å². The summed E-state index contributed by atoms with van der Waals surface area (Å²) in [5, 5.41) is 4.68. The Labute approximate surface area is 122 Å². The molecule has 2 heteroatoms. The Hall–Kier alpha value is -1.28. The van der Waals surface area contributed by atoms with Crippen molar-refractivity contribution in [1.82, 2.24) is 5.32 Å². The molecule has 0 unspecified atom stereocenters. The number of rotatable bonds is 7. The summed E-state index contributed by atoms with van der Waals surface area (Å²) in [5.74, 6) is 1.59. The number of fused-ring (bicyclic) bond motifs is 1. The van der Waals surface area contributed by atoms with Gasteiger partial charge in [0.05, 0.1) is 6.54 Å². The fourth-order valence-corrected chi connectivity index (χ4v) is 2.75. The molecule has 2 nitrogen and oxygen atoms in total. The Morgan fingerprint density at radius 1 is 1.20 bits per heavy atom. The molecule has 2 aromatic rings. The molecule has 0 atom stereocenters. The minimum absolute atomic E-state index is 0.492. The quantitative estimate of drug-likeness (QED) is 0.767. The maximum atomic E-state index is 6.06. The summed E-state index contributed by atoms with van der Waals surface area (Å²) in [6.07, 6.45) is 3.66. The lowest BCUT2D eigenvalue weighted by atomic mass is 9.97. The normalized spacial score (nSPS) is 11.7. The van der Waals surface area contributed by atoms with Gasteiger partial charge >= 0.3 is 0 Å². The van der Waals surface area contributed by atoms with Crippen molar-refractivity contribution >= 4 is 11.0 Å². The minimum atomic E-state index is 0.492. The van der Waals surface area contributed by atoms with E-state index in [9.17, 15) is 0 Å². The van der Waals surface area contributed by atoms with Gasteiger partial charge in [0.15, 0.2) is 0 Å². The standard InChI is InChI=1S/C18H27NO/c1-5-7-8-14-9-10-16-15(11-14)18(13(3)4)17(20-16)12-19-6-2/h9-11,13,19H,5-8,12H2,1-4H3. The number of nitrogens with one attached hydrogen (secondary N) is 1. The highest BCUT2D eigenvalue weighted by Gasteiger charge is 2.16. The summed E-state index contributed by atoms with van der Waals surface area (Å²) >= 11 is 0. The van der Waals surface area contributed by atoms with Gasteiger partial charge in [0.25, 0.3) is 0 Å². The van der Waals surface area contributed by atoms with Crippen LogP contribution in [0, 0.1) is 0 Å². The summed E-state index contributed by atoms with van der Waals surface area (Å²) in [6.45, 7) is 10.7. The Balaban J connectivity index is 2.41. The third-order valence-electron chi connectivity index (χ3n) is 3.80. The van der Waals surface area contributed by atoms with Crippen molar-refractivity contribution in [3.63, 3.8) is 0 Å². The second kappa shape index (κ2) is 6.94. The van der Waals surface area contributed by atoms with Crippen LogP contribution in [0.3, 0.4) is 0 Å². The fraction of sp³-hybridized carbons (Fsp3) is 0.556. The summed E-state index contributed by atoms with van der Waals surface area (Å²) in [6, 6.07) is 6.68. The largest absolute Gasteiger partial charge is 0.459 e. The molecule has 1 N–H and O–H groups in total. The van der Waals surface area contributed by atoms with Crippen LogP contribution in [-0.4, -0.2) is 6.54 Å². The van der Waals surface area contributed by atoms with Gasteiger partial charge in [0, 0.05) is 10.9 Å². The molecule has 0 aliphatic heterocycles. The number of aryl methyl sites for hydroxylation is 1. The van der Waals surface area contributed by atoms with Gasteiger partial charge in [-0.15, -0.1) is 0 Å². The van der Waals surface area contributed by atoms with E-state index in [0.29, 0.717) is 5.92 Å². The van der Waals surface area contributed by atoms with Gasteiger partial charge in [0.2, 0.25) is 0 Å². The Bertz CT molecular complexity index is 554. The maximum absolute atomic E-state index is 6.06. The molecule has 1 aromatic heterocycles. The van der Waals surface area contributed by atoms with Gasteiger partial charge in [-0.25, -0.2) is 0 Å². The lowest BCUT2D eigenvalue weighted by molar-refractivity contribution is 0.510. The SMILES string of the molecule is CCCCc1ccc2oc(CNCC)c(C(C)C)c2c1. The van der Waals surface area contributed by atoms with Gasteiger partial charge in [-0.1, -0.05) is 40.2 Å². The van der Waals surface area contributed by atoms with Crippen molar-refractivity contribution < 1.29 is 4.42 Å². The lowest BCUT2D eigenvalue weighted by Crippen LogP contribution is -2.12. The molecule has 0 saturated carbocycles. The first-order valence-electron chi connectivity index (χ1n) is 7.92. The van der Waals surface area contributed by atoms with Crippen LogP contribution in [-0.2, 0) is 13.0 Å². The highest BCUT2D eigenvalue weighted by Crippen LogP contribution is 2.32. The lowest BCUT2D eigenvalue weighted by Gasteiger charge is -2.07. The van der Waals surface area contributed by atoms with Gasteiger partial charge < -0.3 is 9.73 Å². The van der Waals surface area contributed by atoms with E-state index in [4.69, 9.17) is 4.42 Å². The molecular formula is C18H27NO. The Morgan fingerprint density at radius 2 is 2.00 bits per heavy atom. The monoisotopic (exact) mass is 273 g/mol. The highest BCUT2D eigenvalue weighted by atomic mass is 16.3. The number of hydrogen-bond acceptors (Lipinski definition) is 2. The molecule has 0 aliphatic rings. The van der Waals surface area contributed by atoms with E-state index in [2.05, 4.69) is 51.2 Å². The first kappa shape index (κ1) is 15.1. The Morgan fingerprint density at radius 3 is 2.65 bits per heavy atom. The van der Waals surface area contributed by atoms with Crippen molar-refractivity contribution in [2.75, 3.05) is 6.54 Å². The van der Waals surface area contributed by atoms with Crippen LogP contribution in [0.25, 0.3) is 11.0 Å². The number of unbranched alkanes of at least 4 members (excludes halogenated alkanes) is 1. The molecule has 0 radical (unpaired) electrons. The zero-order chi connectivity index (χ0) is 14.5. The number of furan rings is 1. The van der Waals surface area contributed by atoms with Gasteiger partial charge in [-0.3, -0.25) is 0 Å². The van der Waals surface area contributed by atoms with E-state index in [1.54, 1.807) is 0 Å². The van der Waals surface area contributed by atoms with Gasteiger partial charge in [-0.2, -0.15) is 0 Å². The molecule has 20 heavy (non-hydrogen) atoms. The van der Waals surface area contributed by atoms with Crippen molar-refractivity contribution in [2.24, 2.45) is 0 Å². The first-order chi connectivity index (χ1) is 9.67. The smallest absolute Gasteiger partial charge is 0.134 e. The van der Waals surface area contributed by atoms with Crippen LogP contribution in [0.2, 0.25) is 0 Å². The fourth-order valence-electron chi connectivity index (χ4n) is 2.75. The average molecular weight is 273 g/mol. The molecule has 2 rings (SSSR count). The third-order valence-corrected chi connectivity index (χ3v) is 3.80. The van der Waals surface area contributed by atoms with Crippen LogP contribution in [0.1, 0.15) is 63.3 Å². The Kier molecular flexibility index (Phi) is 5.24. The van der Waals surface area contributed by atoms with E-state index in [-0.39, 0.29) is 0 Å². The van der Waals surface area contributed by atoms with Crippen molar-refractivity contribution in [2.45, 2.75) is 59.4 Å². The summed E-state index contributed by atoms with van der Waals surface area (Å²) < 4.78 is 6.06. The molecule has 110 valence electrons. The zero-order valence-corrected chi connectivity index (χ0v) is 13.3. The summed E-state index contributed by atoms with van der Waals surface area (Å²) in [7, 11) is 0. The van der Waals surface area contributed by atoms with E-state index in [1.807, 2.05) is 0 Å². The molecule has 0 saturated heterocycles. The number of hydrogen-bond donors (Lipinski definition) is 1. The summed E-state index contributed by atoms with van der Waals surface area (Å²) in [4.78, 5) is 0. The minimum Gasteiger partial charge on any atom is -0.459 e. The van der Waals surface area contributed by atoms with Crippen molar-refractivity contribution in [3.8, 4) is 0 Å². The first-order valence-corrected chi connectivity index (χ1v) is 7.92. The maximum Gasteiger partial charge on any atom is 0.134 e. The molecule has 0 aliphatic carbocycles. The number of benzene rings is 1. The van der Waals surface area contributed by atoms with Crippen LogP contribution in [0.15, 0.2) is 22.6 Å². The summed E-state index contributed by atoms with van der Waals surface area (Å²) in [5.41, 5.74) is 3.83. The second-order valence-corrected chi connectivity index (χ2v) is 5.81. The average Bonchev–Trinajstić information content (AvgIpc) is 2.80. The predicted octanol–water partition coefficient (Wildman–Crippen LogP) is 5.01. The topological polar surface area (TPSA) is 25.2 Å². The molecule has 1 aromatic carbocycles. The van der Waals surface area contributed by atoms with Crippen LogP contribution in [0.5, 0.6) is 0 Å². The second-order valence-electron chi connectivity index (χ2n) is 5.81. The van der Waals surface area contributed by atoms with Crippen molar-refractivity contribution in [3.05, 3.63) is 35.1 Å². The van der Waals surface area contributed by atoms with E-state index in [1.165, 1.54) is 29.4 Å². The van der Waals surface area contributed by atoms with Gasteiger partial charge in [0.1, 0.15) is 11.3 Å². The molecule has 0 fully saturated rings. The highest BCUT2D eigenvalue weighted by molar-refractivity contribution is 5.83. The predicted molar refractivity (Wildman–Crippen MR) is 86.3 cm³/mol. The molecular weight excluding hydrogens is 246 g/mol.